The number of halogens is 2. The van der Waals surface area contributed by atoms with Crippen molar-refractivity contribution >= 4 is 17.3 Å². The quantitative estimate of drug-likeness (QED) is 0.481. The van der Waals surface area contributed by atoms with Crippen LogP contribution in [0.15, 0.2) is 30.3 Å². The molecule has 0 spiro atoms. The van der Waals surface area contributed by atoms with Gasteiger partial charge in [0, 0.05) is 11.6 Å². The molecule has 6 heteroatoms. The zero-order valence-electron chi connectivity index (χ0n) is 10.3. The molecule has 1 heterocycles. The van der Waals surface area contributed by atoms with Crippen LogP contribution in [0.2, 0.25) is 5.15 Å². The SMILES string of the molecule is O=[N+]([O-])c1cc(F)ccc1-c1cc(Cl)nc(C2CC2)c1. The molecule has 1 fully saturated rings. The number of pyridine rings is 1. The van der Waals surface area contributed by atoms with Gasteiger partial charge in [-0.2, -0.15) is 0 Å². The molecule has 102 valence electrons. The van der Waals surface area contributed by atoms with E-state index >= 15 is 0 Å². The summed E-state index contributed by atoms with van der Waals surface area (Å²) in [6.07, 6.45) is 2.11. The van der Waals surface area contributed by atoms with Crippen molar-refractivity contribution < 1.29 is 9.31 Å². The summed E-state index contributed by atoms with van der Waals surface area (Å²) in [6, 6.07) is 6.88. The third-order valence-electron chi connectivity index (χ3n) is 3.28. The maximum Gasteiger partial charge on any atom is 0.280 e. The van der Waals surface area contributed by atoms with Crippen LogP contribution >= 0.6 is 11.6 Å². The summed E-state index contributed by atoms with van der Waals surface area (Å²) >= 11 is 5.98. The molecule has 1 aromatic heterocycles. The van der Waals surface area contributed by atoms with E-state index in [0.29, 0.717) is 22.2 Å². The minimum atomic E-state index is -0.636. The number of aromatic nitrogens is 1. The molecule has 0 unspecified atom stereocenters. The molecule has 1 aromatic carbocycles. The highest BCUT2D eigenvalue weighted by Gasteiger charge is 2.26. The Morgan fingerprint density at radius 1 is 1.30 bits per heavy atom. The van der Waals surface area contributed by atoms with E-state index in [1.807, 2.05) is 0 Å². The predicted octanol–water partition coefficient (Wildman–Crippen LogP) is 4.33. The molecular weight excluding hydrogens is 283 g/mol. The number of hydrogen-bond donors (Lipinski definition) is 0. The lowest BCUT2D eigenvalue weighted by Gasteiger charge is -2.06. The van der Waals surface area contributed by atoms with E-state index in [2.05, 4.69) is 4.98 Å². The minimum Gasteiger partial charge on any atom is -0.258 e. The molecule has 1 aliphatic rings. The lowest BCUT2D eigenvalue weighted by Crippen LogP contribution is -1.95. The van der Waals surface area contributed by atoms with Gasteiger partial charge in [0.25, 0.3) is 5.69 Å². The fourth-order valence-electron chi connectivity index (χ4n) is 2.16. The third-order valence-corrected chi connectivity index (χ3v) is 3.47. The highest BCUT2D eigenvalue weighted by molar-refractivity contribution is 6.29. The van der Waals surface area contributed by atoms with E-state index in [0.717, 1.165) is 24.6 Å². The Labute approximate surface area is 119 Å². The van der Waals surface area contributed by atoms with Gasteiger partial charge in [0.15, 0.2) is 0 Å². The molecular formula is C14H10ClFN2O2. The van der Waals surface area contributed by atoms with Crippen LogP contribution in [0.4, 0.5) is 10.1 Å². The molecule has 0 atom stereocenters. The fourth-order valence-corrected chi connectivity index (χ4v) is 2.38. The van der Waals surface area contributed by atoms with Gasteiger partial charge in [-0.05, 0) is 42.7 Å². The van der Waals surface area contributed by atoms with Crippen molar-refractivity contribution in [1.82, 2.24) is 4.98 Å². The third kappa shape index (κ3) is 2.49. The highest BCUT2D eigenvalue weighted by atomic mass is 35.5. The minimum absolute atomic E-state index is 0.269. The monoisotopic (exact) mass is 292 g/mol. The summed E-state index contributed by atoms with van der Waals surface area (Å²) in [5.41, 5.74) is 1.52. The molecule has 3 rings (SSSR count). The molecule has 1 aliphatic carbocycles. The molecule has 0 saturated heterocycles. The number of nitrogens with zero attached hydrogens (tertiary/aromatic N) is 2. The van der Waals surface area contributed by atoms with Crippen molar-refractivity contribution in [1.29, 1.82) is 0 Å². The topological polar surface area (TPSA) is 56.0 Å². The summed E-state index contributed by atoms with van der Waals surface area (Å²) in [6.45, 7) is 0. The zero-order valence-corrected chi connectivity index (χ0v) is 11.1. The van der Waals surface area contributed by atoms with E-state index in [-0.39, 0.29) is 5.69 Å². The average molecular weight is 293 g/mol. The number of benzene rings is 1. The second-order valence-corrected chi connectivity index (χ2v) is 5.18. The smallest absolute Gasteiger partial charge is 0.258 e. The van der Waals surface area contributed by atoms with Gasteiger partial charge in [0.2, 0.25) is 0 Å². The van der Waals surface area contributed by atoms with E-state index < -0.39 is 10.7 Å². The molecule has 0 bridgehead atoms. The number of hydrogen-bond acceptors (Lipinski definition) is 3. The van der Waals surface area contributed by atoms with Crippen LogP contribution in [-0.4, -0.2) is 9.91 Å². The maximum absolute atomic E-state index is 13.2. The first-order chi connectivity index (χ1) is 9.54. The van der Waals surface area contributed by atoms with Gasteiger partial charge in [-0.15, -0.1) is 0 Å². The lowest BCUT2D eigenvalue weighted by atomic mass is 10.0. The van der Waals surface area contributed by atoms with Gasteiger partial charge in [-0.3, -0.25) is 10.1 Å². The maximum atomic E-state index is 13.2. The number of nitro benzene ring substituents is 1. The van der Waals surface area contributed by atoms with Crippen molar-refractivity contribution in [3.63, 3.8) is 0 Å². The Balaban J connectivity index is 2.15. The molecule has 0 amide bonds. The summed E-state index contributed by atoms with van der Waals surface area (Å²) in [4.78, 5) is 14.7. The first-order valence-electron chi connectivity index (χ1n) is 6.16. The normalized spacial score (nSPS) is 14.3. The van der Waals surface area contributed by atoms with Gasteiger partial charge in [-0.1, -0.05) is 11.6 Å². The molecule has 0 aliphatic heterocycles. The van der Waals surface area contributed by atoms with Crippen molar-refractivity contribution in [3.05, 3.63) is 57.1 Å². The largest absolute Gasteiger partial charge is 0.280 e. The van der Waals surface area contributed by atoms with Gasteiger partial charge in [0.1, 0.15) is 11.0 Å². The van der Waals surface area contributed by atoms with Crippen LogP contribution in [-0.2, 0) is 0 Å². The standard InChI is InChI=1S/C14H10ClFN2O2/c15-14-6-9(5-12(17-14)8-1-2-8)11-4-3-10(16)7-13(11)18(19)20/h3-8H,1-2H2. The van der Waals surface area contributed by atoms with Gasteiger partial charge in [-0.25, -0.2) is 9.37 Å². The van der Waals surface area contributed by atoms with E-state index in [4.69, 9.17) is 11.6 Å². The van der Waals surface area contributed by atoms with E-state index in [1.54, 1.807) is 12.1 Å². The van der Waals surface area contributed by atoms with E-state index in [9.17, 15) is 14.5 Å². The Morgan fingerprint density at radius 2 is 2.05 bits per heavy atom. The van der Waals surface area contributed by atoms with Crippen LogP contribution in [0.3, 0.4) is 0 Å². The van der Waals surface area contributed by atoms with Crippen molar-refractivity contribution in [3.8, 4) is 11.1 Å². The van der Waals surface area contributed by atoms with Crippen LogP contribution < -0.4 is 0 Å². The second-order valence-electron chi connectivity index (χ2n) is 4.80. The van der Waals surface area contributed by atoms with Crippen molar-refractivity contribution in [2.45, 2.75) is 18.8 Å². The van der Waals surface area contributed by atoms with Gasteiger partial charge >= 0.3 is 0 Å². The highest BCUT2D eigenvalue weighted by Crippen LogP contribution is 2.41. The number of rotatable bonds is 3. The second kappa shape index (κ2) is 4.83. The molecule has 4 nitrogen and oxygen atoms in total. The van der Waals surface area contributed by atoms with Gasteiger partial charge < -0.3 is 0 Å². The van der Waals surface area contributed by atoms with Crippen LogP contribution in [0, 0.1) is 15.9 Å². The first kappa shape index (κ1) is 13.0. The fraction of sp³-hybridized carbons (Fsp3) is 0.214. The molecule has 0 radical (unpaired) electrons. The summed E-state index contributed by atoms with van der Waals surface area (Å²) in [5.74, 6) is -0.255. The van der Waals surface area contributed by atoms with Crippen molar-refractivity contribution in [2.75, 3.05) is 0 Å². The van der Waals surface area contributed by atoms with Gasteiger partial charge in [0.05, 0.1) is 16.6 Å². The summed E-state index contributed by atoms with van der Waals surface area (Å²) in [5, 5.41) is 11.3. The zero-order chi connectivity index (χ0) is 14.3. The molecule has 0 N–H and O–H groups in total. The Bertz CT molecular complexity index is 702. The molecule has 20 heavy (non-hydrogen) atoms. The van der Waals surface area contributed by atoms with E-state index in [1.165, 1.54) is 12.1 Å². The van der Waals surface area contributed by atoms with Crippen LogP contribution in [0.5, 0.6) is 0 Å². The molecule has 1 saturated carbocycles. The Morgan fingerprint density at radius 3 is 2.70 bits per heavy atom. The predicted molar refractivity (Wildman–Crippen MR) is 73.3 cm³/mol. The summed E-state index contributed by atoms with van der Waals surface area (Å²) < 4.78 is 13.2. The Kier molecular flexibility index (Phi) is 3.14. The van der Waals surface area contributed by atoms with Crippen LogP contribution in [0.25, 0.3) is 11.1 Å². The summed E-state index contributed by atoms with van der Waals surface area (Å²) in [7, 11) is 0. The first-order valence-corrected chi connectivity index (χ1v) is 6.54. The Hall–Kier alpha value is -2.01. The van der Waals surface area contributed by atoms with Crippen LogP contribution in [0.1, 0.15) is 24.5 Å². The van der Waals surface area contributed by atoms with Crippen molar-refractivity contribution in [2.24, 2.45) is 0 Å². The average Bonchev–Trinajstić information content (AvgIpc) is 3.22. The lowest BCUT2D eigenvalue weighted by molar-refractivity contribution is -0.384. The molecule has 2 aromatic rings. The number of nitro groups is 1.